The number of benzene rings is 2. The van der Waals surface area contributed by atoms with Gasteiger partial charge in [-0.3, -0.25) is 13.9 Å². The van der Waals surface area contributed by atoms with Crippen molar-refractivity contribution in [2.75, 3.05) is 17.1 Å². The fourth-order valence-corrected chi connectivity index (χ4v) is 5.80. The van der Waals surface area contributed by atoms with Gasteiger partial charge in [-0.15, -0.1) is 0 Å². The summed E-state index contributed by atoms with van der Waals surface area (Å²) in [7, 11) is -4.27. The van der Waals surface area contributed by atoms with E-state index >= 15 is 0 Å². The summed E-state index contributed by atoms with van der Waals surface area (Å²) < 4.78 is 66.1. The van der Waals surface area contributed by atoms with Gasteiger partial charge < -0.3 is 10.2 Å². The summed E-state index contributed by atoms with van der Waals surface area (Å²) >= 11 is 12.1. The lowest BCUT2D eigenvalue weighted by molar-refractivity contribution is -0.140. The quantitative estimate of drug-likeness (QED) is 0.378. The Hall–Kier alpha value is -2.50. The molecule has 1 aliphatic carbocycles. The minimum Gasteiger partial charge on any atom is -0.352 e. The lowest BCUT2D eigenvalue weighted by atomic mass is 10.1. The van der Waals surface area contributed by atoms with E-state index in [0.29, 0.717) is 21.0 Å². The number of nitrogens with one attached hydrogen (secondary N) is 1. The van der Waals surface area contributed by atoms with Crippen molar-refractivity contribution in [1.82, 2.24) is 10.2 Å². The smallest absolute Gasteiger partial charge is 0.352 e. The Bertz CT molecular complexity index is 1280. The summed E-state index contributed by atoms with van der Waals surface area (Å²) in [5, 5.41) is 3.16. The molecule has 2 amide bonds. The predicted molar refractivity (Wildman–Crippen MR) is 145 cm³/mol. The lowest BCUT2D eigenvalue weighted by Crippen LogP contribution is -2.53. The Kier molecular flexibility index (Phi) is 10.2. The third-order valence-electron chi connectivity index (χ3n) is 6.57. The molecule has 0 radical (unpaired) electrons. The highest BCUT2D eigenvalue weighted by molar-refractivity contribution is 7.92. The molecule has 7 nitrogen and oxygen atoms in total. The molecular formula is C26H30Cl2F3N3O4S. The van der Waals surface area contributed by atoms with Gasteiger partial charge in [-0.1, -0.05) is 55.1 Å². The molecule has 1 aliphatic rings. The van der Waals surface area contributed by atoms with Crippen molar-refractivity contribution in [3.05, 3.63) is 63.6 Å². The monoisotopic (exact) mass is 607 g/mol. The Morgan fingerprint density at radius 1 is 1.08 bits per heavy atom. The van der Waals surface area contributed by atoms with E-state index in [0.717, 1.165) is 44.1 Å². The van der Waals surface area contributed by atoms with Crippen LogP contribution in [0, 0.1) is 0 Å². The van der Waals surface area contributed by atoms with Gasteiger partial charge in [-0.25, -0.2) is 8.42 Å². The Balaban J connectivity index is 1.99. The molecule has 39 heavy (non-hydrogen) atoms. The van der Waals surface area contributed by atoms with E-state index in [4.69, 9.17) is 23.2 Å². The van der Waals surface area contributed by atoms with Gasteiger partial charge in [0.2, 0.25) is 21.8 Å². The summed E-state index contributed by atoms with van der Waals surface area (Å²) in [5.41, 5.74) is -0.983. The van der Waals surface area contributed by atoms with Crippen molar-refractivity contribution in [2.24, 2.45) is 0 Å². The molecule has 214 valence electrons. The van der Waals surface area contributed by atoms with Crippen LogP contribution in [0.25, 0.3) is 0 Å². The summed E-state index contributed by atoms with van der Waals surface area (Å²) in [6.07, 6.45) is -0.163. The molecule has 0 heterocycles. The van der Waals surface area contributed by atoms with Gasteiger partial charge in [-0.2, -0.15) is 13.2 Å². The Morgan fingerprint density at radius 3 is 2.23 bits per heavy atom. The molecule has 0 saturated heterocycles. The highest BCUT2D eigenvalue weighted by atomic mass is 35.5. The normalized spacial score (nSPS) is 15.2. The van der Waals surface area contributed by atoms with Gasteiger partial charge in [-0.05, 0) is 55.2 Å². The van der Waals surface area contributed by atoms with Crippen LogP contribution in [0.15, 0.2) is 42.5 Å². The number of carbonyl (C=O) groups is 2. The maximum absolute atomic E-state index is 13.7. The average molecular weight is 609 g/mol. The van der Waals surface area contributed by atoms with Crippen LogP contribution in [-0.4, -0.2) is 50.0 Å². The predicted octanol–water partition coefficient (Wildman–Crippen LogP) is 5.64. The number of nitrogens with zero attached hydrogens (tertiary/aromatic N) is 2. The zero-order valence-corrected chi connectivity index (χ0v) is 23.8. The van der Waals surface area contributed by atoms with E-state index in [9.17, 15) is 31.2 Å². The van der Waals surface area contributed by atoms with Gasteiger partial charge >= 0.3 is 6.18 Å². The fourth-order valence-electron chi connectivity index (χ4n) is 4.55. The minimum absolute atomic E-state index is 0.0181. The summed E-state index contributed by atoms with van der Waals surface area (Å²) in [4.78, 5) is 28.3. The van der Waals surface area contributed by atoms with Crippen LogP contribution in [0.2, 0.25) is 10.0 Å². The molecule has 1 atom stereocenters. The van der Waals surface area contributed by atoms with E-state index in [1.165, 1.54) is 4.90 Å². The molecule has 2 aromatic rings. The highest BCUT2D eigenvalue weighted by Crippen LogP contribution is 2.36. The molecule has 0 aromatic heterocycles. The van der Waals surface area contributed by atoms with Crippen LogP contribution < -0.4 is 9.62 Å². The fraction of sp³-hybridized carbons (Fsp3) is 0.462. The number of halogens is 5. The topological polar surface area (TPSA) is 86.8 Å². The van der Waals surface area contributed by atoms with Crippen molar-refractivity contribution in [2.45, 2.75) is 63.8 Å². The SMILES string of the molecule is CCC(C(=O)NC1CCCC1)N(Cc1ccc(Cl)cc1)C(=O)CN(c1cc(C(F)(F)F)ccc1Cl)S(C)(=O)=O. The zero-order valence-electron chi connectivity index (χ0n) is 21.5. The number of anilines is 1. The van der Waals surface area contributed by atoms with Gasteiger partial charge in [0, 0.05) is 17.6 Å². The zero-order chi connectivity index (χ0) is 29.0. The molecule has 1 fully saturated rings. The van der Waals surface area contributed by atoms with E-state index in [2.05, 4.69) is 5.32 Å². The van der Waals surface area contributed by atoms with E-state index in [-0.39, 0.29) is 29.9 Å². The van der Waals surface area contributed by atoms with Gasteiger partial charge in [0.1, 0.15) is 12.6 Å². The van der Waals surface area contributed by atoms with Gasteiger partial charge in [0.15, 0.2) is 0 Å². The molecule has 1 saturated carbocycles. The molecule has 13 heteroatoms. The number of hydrogen-bond donors (Lipinski definition) is 1. The van der Waals surface area contributed by atoms with Gasteiger partial charge in [0.25, 0.3) is 0 Å². The first kappa shape index (κ1) is 31.0. The first-order valence-electron chi connectivity index (χ1n) is 12.4. The second kappa shape index (κ2) is 12.8. The van der Waals surface area contributed by atoms with Crippen LogP contribution in [0.5, 0.6) is 0 Å². The second-order valence-electron chi connectivity index (χ2n) is 9.50. The van der Waals surface area contributed by atoms with Crippen molar-refractivity contribution < 1.29 is 31.2 Å². The standard InChI is InChI=1S/C26H30Cl2F3N3O4S/c1-3-22(25(36)32-20-6-4-5-7-20)33(15-17-8-11-19(27)12-9-17)24(35)16-34(39(2,37)38)23-14-18(26(29,30)31)10-13-21(23)28/h8-14,20,22H,3-7,15-16H2,1-2H3,(H,32,36). The number of rotatable bonds is 10. The average Bonchev–Trinajstić information content (AvgIpc) is 3.35. The molecular weight excluding hydrogens is 578 g/mol. The lowest BCUT2D eigenvalue weighted by Gasteiger charge is -2.33. The van der Waals surface area contributed by atoms with Crippen LogP contribution in [0.4, 0.5) is 18.9 Å². The minimum atomic E-state index is -4.77. The van der Waals surface area contributed by atoms with Crippen molar-refractivity contribution in [3.8, 4) is 0 Å². The van der Waals surface area contributed by atoms with Crippen LogP contribution in [0.1, 0.15) is 50.2 Å². The van der Waals surface area contributed by atoms with E-state index < -0.39 is 45.9 Å². The van der Waals surface area contributed by atoms with Crippen molar-refractivity contribution >= 4 is 50.7 Å². The first-order valence-corrected chi connectivity index (χ1v) is 15.0. The Labute approximate surface area is 236 Å². The van der Waals surface area contributed by atoms with Crippen molar-refractivity contribution in [3.63, 3.8) is 0 Å². The molecule has 1 unspecified atom stereocenters. The number of alkyl halides is 3. The maximum Gasteiger partial charge on any atom is 0.416 e. The summed E-state index contributed by atoms with van der Waals surface area (Å²) in [5.74, 6) is -1.16. The number of carbonyl (C=O) groups excluding carboxylic acids is 2. The van der Waals surface area contributed by atoms with E-state index in [1.54, 1.807) is 31.2 Å². The largest absolute Gasteiger partial charge is 0.416 e. The van der Waals surface area contributed by atoms with Gasteiger partial charge in [0.05, 0.1) is 22.5 Å². The number of amides is 2. The second-order valence-corrected chi connectivity index (χ2v) is 12.2. The molecule has 1 N–H and O–H groups in total. The first-order chi connectivity index (χ1) is 18.2. The molecule has 3 rings (SSSR count). The third kappa shape index (κ3) is 8.25. The highest BCUT2D eigenvalue weighted by Gasteiger charge is 2.35. The summed E-state index contributed by atoms with van der Waals surface area (Å²) in [6.45, 7) is 0.806. The number of hydrogen-bond acceptors (Lipinski definition) is 4. The third-order valence-corrected chi connectivity index (χ3v) is 8.27. The molecule has 0 spiro atoms. The molecule has 0 aliphatic heterocycles. The molecule has 2 aromatic carbocycles. The van der Waals surface area contributed by atoms with Crippen LogP contribution in [0.3, 0.4) is 0 Å². The molecule has 0 bridgehead atoms. The van der Waals surface area contributed by atoms with Crippen LogP contribution >= 0.6 is 23.2 Å². The van der Waals surface area contributed by atoms with Crippen molar-refractivity contribution in [1.29, 1.82) is 0 Å². The van der Waals surface area contributed by atoms with E-state index in [1.807, 2.05) is 0 Å². The Morgan fingerprint density at radius 2 is 1.69 bits per heavy atom. The number of sulfonamides is 1. The summed E-state index contributed by atoms with van der Waals surface area (Å²) in [6, 6.07) is 7.84. The maximum atomic E-state index is 13.7. The van der Waals surface area contributed by atoms with Crippen LogP contribution in [-0.2, 0) is 32.3 Å².